The highest BCUT2D eigenvalue weighted by atomic mass is 32.2. The molecule has 0 aromatic carbocycles. The molecular weight excluding hydrogens is 414 g/mol. The third-order valence-electron chi connectivity index (χ3n) is 7.51. The monoisotopic (exact) mass is 453 g/mol. The van der Waals surface area contributed by atoms with Crippen molar-refractivity contribution in [2.45, 2.75) is 88.3 Å². The molecule has 7 atom stereocenters. The van der Waals surface area contributed by atoms with Crippen LogP contribution in [-0.4, -0.2) is 69.5 Å². The fourth-order valence-corrected chi connectivity index (χ4v) is 7.92. The minimum atomic E-state index is -0.632. The Labute approximate surface area is 190 Å². The lowest BCUT2D eigenvalue weighted by molar-refractivity contribution is -0.143. The van der Waals surface area contributed by atoms with E-state index >= 15 is 0 Å². The summed E-state index contributed by atoms with van der Waals surface area (Å²) < 4.78 is -0.576. The minimum Gasteiger partial charge on any atom is -0.394 e. The molecule has 3 saturated heterocycles. The highest BCUT2D eigenvalue weighted by Crippen LogP contribution is 2.66. The maximum atomic E-state index is 13.9. The smallest absolute Gasteiger partial charge is 0.244 e. The van der Waals surface area contributed by atoms with Crippen molar-refractivity contribution in [2.75, 3.05) is 19.7 Å². The SMILES string of the molecule is CCCCNC(=O)C1N([C@@H](CO)[C@@H](C)CC)C(=O)[C@@H]2[C@@H](C(=O)NCCC)[C@H]3CCC12S3. The van der Waals surface area contributed by atoms with Crippen molar-refractivity contribution in [1.82, 2.24) is 15.5 Å². The van der Waals surface area contributed by atoms with Gasteiger partial charge in [-0.05, 0) is 31.6 Å². The summed E-state index contributed by atoms with van der Waals surface area (Å²) in [7, 11) is 0. The highest BCUT2D eigenvalue weighted by Gasteiger charge is 2.74. The van der Waals surface area contributed by atoms with E-state index in [0.29, 0.717) is 13.1 Å². The maximum Gasteiger partial charge on any atom is 0.244 e. The predicted molar refractivity (Wildman–Crippen MR) is 123 cm³/mol. The first-order valence-corrected chi connectivity index (χ1v) is 12.9. The molecule has 31 heavy (non-hydrogen) atoms. The molecule has 2 bridgehead atoms. The largest absolute Gasteiger partial charge is 0.394 e. The van der Waals surface area contributed by atoms with Gasteiger partial charge in [-0.2, -0.15) is 0 Å². The summed E-state index contributed by atoms with van der Waals surface area (Å²) in [4.78, 5) is 42.1. The Balaban J connectivity index is 1.98. The van der Waals surface area contributed by atoms with Gasteiger partial charge in [-0.15, -0.1) is 11.8 Å². The average Bonchev–Trinajstić information content (AvgIpc) is 3.40. The van der Waals surface area contributed by atoms with Crippen molar-refractivity contribution < 1.29 is 19.5 Å². The van der Waals surface area contributed by atoms with Gasteiger partial charge in [0.2, 0.25) is 17.7 Å². The second kappa shape index (κ2) is 10.1. The van der Waals surface area contributed by atoms with Gasteiger partial charge >= 0.3 is 0 Å². The summed E-state index contributed by atoms with van der Waals surface area (Å²) in [6.45, 7) is 9.13. The van der Waals surface area contributed by atoms with Crippen LogP contribution in [-0.2, 0) is 14.4 Å². The first-order valence-electron chi connectivity index (χ1n) is 12.0. The van der Waals surface area contributed by atoms with Crippen LogP contribution in [0.25, 0.3) is 0 Å². The summed E-state index contributed by atoms with van der Waals surface area (Å²) in [5.74, 6) is -1.15. The van der Waals surface area contributed by atoms with Crippen LogP contribution >= 0.6 is 11.8 Å². The molecule has 3 aliphatic heterocycles. The first kappa shape index (κ1) is 24.4. The van der Waals surface area contributed by atoms with Gasteiger partial charge in [0.15, 0.2) is 0 Å². The number of hydrogen-bond donors (Lipinski definition) is 3. The molecule has 3 amide bonds. The lowest BCUT2D eigenvalue weighted by Crippen LogP contribution is -2.57. The van der Waals surface area contributed by atoms with Crippen LogP contribution in [0.15, 0.2) is 0 Å². The Morgan fingerprint density at radius 1 is 1.19 bits per heavy atom. The van der Waals surface area contributed by atoms with E-state index in [1.807, 2.05) is 20.8 Å². The molecular formula is C23H39N3O4S. The average molecular weight is 454 g/mol. The summed E-state index contributed by atoms with van der Waals surface area (Å²) in [5.41, 5.74) is 0. The van der Waals surface area contributed by atoms with Crippen LogP contribution in [0.4, 0.5) is 0 Å². The molecule has 3 aliphatic rings. The van der Waals surface area contributed by atoms with E-state index in [0.717, 1.165) is 38.5 Å². The number of carbonyl (C=O) groups excluding carboxylic acids is 3. The van der Waals surface area contributed by atoms with Gasteiger partial charge in [0.25, 0.3) is 0 Å². The molecule has 8 heteroatoms. The molecule has 0 aromatic heterocycles. The van der Waals surface area contributed by atoms with Gasteiger partial charge in [-0.1, -0.05) is 40.5 Å². The number of rotatable bonds is 11. The zero-order chi connectivity index (χ0) is 22.8. The Morgan fingerprint density at radius 3 is 2.52 bits per heavy atom. The molecule has 7 nitrogen and oxygen atoms in total. The zero-order valence-electron chi connectivity index (χ0n) is 19.4. The fraction of sp³-hybridized carbons (Fsp3) is 0.870. The van der Waals surface area contributed by atoms with E-state index in [-0.39, 0.29) is 35.5 Å². The van der Waals surface area contributed by atoms with Crippen LogP contribution in [0.5, 0.6) is 0 Å². The molecule has 0 aromatic rings. The summed E-state index contributed by atoms with van der Waals surface area (Å²) in [6.07, 6.45) is 5.11. The molecule has 3 N–H and O–H groups in total. The number of hydrogen-bond acceptors (Lipinski definition) is 5. The van der Waals surface area contributed by atoms with E-state index in [9.17, 15) is 19.5 Å². The van der Waals surface area contributed by atoms with Gasteiger partial charge in [-0.3, -0.25) is 14.4 Å². The predicted octanol–water partition coefficient (Wildman–Crippen LogP) is 1.93. The Hall–Kier alpha value is -1.28. The number of likely N-dealkylation sites (tertiary alicyclic amines) is 1. The van der Waals surface area contributed by atoms with Gasteiger partial charge in [0.1, 0.15) is 6.04 Å². The number of thioether (sulfide) groups is 1. The van der Waals surface area contributed by atoms with Crippen molar-refractivity contribution in [2.24, 2.45) is 17.8 Å². The van der Waals surface area contributed by atoms with Crippen LogP contribution in [0.2, 0.25) is 0 Å². The molecule has 0 saturated carbocycles. The fourth-order valence-electron chi connectivity index (χ4n) is 5.71. The molecule has 1 spiro atoms. The molecule has 0 radical (unpaired) electrons. The number of fused-ring (bicyclic) bond motifs is 1. The number of aliphatic hydroxyl groups excluding tert-OH is 1. The molecule has 176 valence electrons. The van der Waals surface area contributed by atoms with Crippen LogP contribution < -0.4 is 10.6 Å². The van der Waals surface area contributed by atoms with Crippen molar-refractivity contribution in [3.63, 3.8) is 0 Å². The normalized spacial score (nSPS) is 33.3. The number of nitrogens with one attached hydrogen (secondary N) is 2. The third-order valence-corrected chi connectivity index (χ3v) is 9.46. The minimum absolute atomic E-state index is 0.0599. The molecule has 2 unspecified atom stereocenters. The second-order valence-electron chi connectivity index (χ2n) is 9.37. The van der Waals surface area contributed by atoms with Gasteiger partial charge in [0, 0.05) is 18.3 Å². The number of nitrogens with zero attached hydrogens (tertiary/aromatic N) is 1. The highest BCUT2D eigenvalue weighted by molar-refractivity contribution is 8.02. The maximum absolute atomic E-state index is 13.9. The van der Waals surface area contributed by atoms with Crippen molar-refractivity contribution in [3.8, 4) is 0 Å². The summed E-state index contributed by atoms with van der Waals surface area (Å²) in [6, 6.07) is -1.05. The molecule has 0 aliphatic carbocycles. The van der Waals surface area contributed by atoms with E-state index in [1.165, 1.54) is 0 Å². The van der Waals surface area contributed by atoms with E-state index in [2.05, 4.69) is 17.6 Å². The topological polar surface area (TPSA) is 98.7 Å². The number of aliphatic hydroxyl groups is 1. The lowest BCUT2D eigenvalue weighted by Gasteiger charge is -2.39. The van der Waals surface area contributed by atoms with E-state index < -0.39 is 28.7 Å². The second-order valence-corrected chi connectivity index (χ2v) is 11.0. The quantitative estimate of drug-likeness (QED) is 0.415. The first-order chi connectivity index (χ1) is 14.9. The van der Waals surface area contributed by atoms with Crippen molar-refractivity contribution in [1.29, 1.82) is 0 Å². The summed E-state index contributed by atoms with van der Waals surface area (Å²) in [5, 5.41) is 16.4. The van der Waals surface area contributed by atoms with Gasteiger partial charge in [0.05, 0.1) is 29.2 Å². The Kier molecular flexibility index (Phi) is 7.95. The zero-order valence-corrected chi connectivity index (χ0v) is 20.2. The van der Waals surface area contributed by atoms with Crippen LogP contribution in [0.3, 0.4) is 0 Å². The lowest BCUT2D eigenvalue weighted by atomic mass is 9.70. The van der Waals surface area contributed by atoms with Crippen LogP contribution in [0.1, 0.15) is 66.2 Å². The van der Waals surface area contributed by atoms with E-state index in [4.69, 9.17) is 0 Å². The van der Waals surface area contributed by atoms with Crippen molar-refractivity contribution in [3.05, 3.63) is 0 Å². The van der Waals surface area contributed by atoms with Crippen LogP contribution in [0, 0.1) is 17.8 Å². The number of unbranched alkanes of at least 4 members (excludes halogenated alkanes) is 1. The van der Waals surface area contributed by atoms with Crippen molar-refractivity contribution >= 4 is 29.5 Å². The van der Waals surface area contributed by atoms with Gasteiger partial charge in [-0.25, -0.2) is 0 Å². The summed E-state index contributed by atoms with van der Waals surface area (Å²) >= 11 is 1.68. The third kappa shape index (κ3) is 4.10. The standard InChI is InChI=1S/C23H39N3O4S/c1-5-8-12-25-21(29)19-23-10-9-16(31-23)17(20(28)24-11-6-2)18(23)22(30)26(19)15(13-27)14(4)7-3/h14-19,27H,5-13H2,1-4H3,(H,24,28)(H,25,29)/t14-,15-,16+,17-,18-,19?,23?/m0/s1. The molecule has 3 rings (SSSR count). The van der Waals surface area contributed by atoms with Gasteiger partial charge < -0.3 is 20.6 Å². The van der Waals surface area contributed by atoms with E-state index in [1.54, 1.807) is 16.7 Å². The molecule has 3 heterocycles. The molecule has 3 fully saturated rings. The Bertz CT molecular complexity index is 690. The number of amides is 3. The number of carbonyl (C=O) groups is 3. The Morgan fingerprint density at radius 2 is 1.90 bits per heavy atom.